The quantitative estimate of drug-likeness (QED) is 0.727. The average Bonchev–Trinajstić information content (AvgIpc) is 3.32. The summed E-state index contributed by atoms with van der Waals surface area (Å²) < 4.78 is 1.79. The second-order valence-electron chi connectivity index (χ2n) is 6.22. The maximum Gasteiger partial charge on any atom is 0.335 e. The summed E-state index contributed by atoms with van der Waals surface area (Å²) >= 11 is 0. The molecule has 1 saturated heterocycles. The fraction of sp³-hybridized carbons (Fsp3) is 0.389. The number of likely N-dealkylation sites (tertiary alicyclic amines) is 1. The van der Waals surface area contributed by atoms with E-state index in [1.54, 1.807) is 29.4 Å². The molecule has 1 atom stereocenters. The highest BCUT2D eigenvalue weighted by Crippen LogP contribution is 2.23. The van der Waals surface area contributed by atoms with Gasteiger partial charge in [0.15, 0.2) is 0 Å². The Kier molecular flexibility index (Phi) is 7.48. The van der Waals surface area contributed by atoms with Gasteiger partial charge in [-0.1, -0.05) is 18.2 Å². The first-order valence-electron chi connectivity index (χ1n) is 8.54. The van der Waals surface area contributed by atoms with Crippen LogP contribution in [0.1, 0.15) is 28.8 Å². The maximum atomic E-state index is 12.3. The van der Waals surface area contributed by atoms with Gasteiger partial charge in [-0.3, -0.25) is 9.59 Å². The fourth-order valence-electron chi connectivity index (χ4n) is 3.16. The molecule has 9 heteroatoms. The van der Waals surface area contributed by atoms with Gasteiger partial charge >= 0.3 is 5.97 Å². The van der Waals surface area contributed by atoms with Gasteiger partial charge in [-0.05, 0) is 30.4 Å². The first-order valence-corrected chi connectivity index (χ1v) is 8.54. The van der Waals surface area contributed by atoms with Gasteiger partial charge in [0.1, 0.15) is 12.7 Å². The number of amides is 1. The van der Waals surface area contributed by atoms with Crippen LogP contribution in [0, 0.1) is 5.92 Å². The molecule has 27 heavy (non-hydrogen) atoms. The molecule has 1 aromatic carbocycles. The number of rotatable bonds is 6. The van der Waals surface area contributed by atoms with Crippen LogP contribution in [-0.4, -0.2) is 61.3 Å². The Morgan fingerprint density at radius 2 is 1.89 bits per heavy atom. The second-order valence-corrected chi connectivity index (χ2v) is 6.22. The molecule has 2 N–H and O–H groups in total. The normalized spacial score (nSPS) is 15.7. The third-order valence-corrected chi connectivity index (χ3v) is 4.45. The Hall–Kier alpha value is -3.23. The van der Waals surface area contributed by atoms with Crippen molar-refractivity contribution < 1.29 is 24.6 Å². The van der Waals surface area contributed by atoms with Crippen molar-refractivity contribution in [2.24, 2.45) is 5.92 Å². The number of carbonyl (C=O) groups excluding carboxylic acids is 1. The van der Waals surface area contributed by atoms with E-state index < -0.39 is 5.97 Å². The lowest BCUT2D eigenvalue weighted by Crippen LogP contribution is -2.29. The summed E-state index contributed by atoms with van der Waals surface area (Å²) in [4.78, 5) is 33.8. The number of carbonyl (C=O) groups is 3. The van der Waals surface area contributed by atoms with E-state index >= 15 is 0 Å². The van der Waals surface area contributed by atoms with Crippen LogP contribution in [0.5, 0.6) is 0 Å². The number of carboxylic acids is 1. The number of carboxylic acid groups (broad SMARTS) is 2. The third kappa shape index (κ3) is 5.91. The van der Waals surface area contributed by atoms with E-state index in [4.69, 9.17) is 9.90 Å². The van der Waals surface area contributed by atoms with Crippen molar-refractivity contribution in [1.82, 2.24) is 19.7 Å². The molecular formula is C18H22N4O5. The topological polar surface area (TPSA) is 126 Å². The monoisotopic (exact) mass is 374 g/mol. The number of benzene rings is 1. The van der Waals surface area contributed by atoms with Crippen LogP contribution in [0.4, 0.5) is 0 Å². The first-order chi connectivity index (χ1) is 13.0. The van der Waals surface area contributed by atoms with Crippen molar-refractivity contribution in [1.29, 1.82) is 0 Å². The smallest absolute Gasteiger partial charge is 0.335 e. The number of hydrogen-bond donors (Lipinski definition) is 2. The zero-order valence-corrected chi connectivity index (χ0v) is 14.8. The van der Waals surface area contributed by atoms with Crippen LogP contribution in [0.25, 0.3) is 0 Å². The summed E-state index contributed by atoms with van der Waals surface area (Å²) in [6, 6.07) is 7.09. The molecule has 144 valence electrons. The van der Waals surface area contributed by atoms with Gasteiger partial charge in [0.25, 0.3) is 6.47 Å². The lowest BCUT2D eigenvalue weighted by Gasteiger charge is -2.17. The summed E-state index contributed by atoms with van der Waals surface area (Å²) in [6.07, 6.45) is 5.23. The first kappa shape index (κ1) is 20.1. The van der Waals surface area contributed by atoms with Crippen LogP contribution < -0.4 is 0 Å². The second kappa shape index (κ2) is 10.0. The van der Waals surface area contributed by atoms with Crippen molar-refractivity contribution in [3.8, 4) is 0 Å². The molecule has 1 aromatic heterocycles. The molecule has 0 spiro atoms. The minimum Gasteiger partial charge on any atom is -0.483 e. The van der Waals surface area contributed by atoms with Crippen LogP contribution in [0.2, 0.25) is 0 Å². The number of hydrogen-bond acceptors (Lipinski definition) is 5. The molecule has 2 aromatic rings. The minimum atomic E-state index is -0.898. The Bertz CT molecular complexity index is 763. The van der Waals surface area contributed by atoms with Gasteiger partial charge in [0.2, 0.25) is 5.91 Å². The van der Waals surface area contributed by atoms with Gasteiger partial charge in [0, 0.05) is 26.1 Å². The van der Waals surface area contributed by atoms with Crippen molar-refractivity contribution >= 4 is 18.3 Å². The Labute approximate surface area is 156 Å². The molecule has 1 aliphatic rings. The number of nitrogens with zero attached hydrogens (tertiary/aromatic N) is 4. The van der Waals surface area contributed by atoms with Gasteiger partial charge < -0.3 is 19.7 Å². The molecule has 0 bridgehead atoms. The van der Waals surface area contributed by atoms with Crippen molar-refractivity contribution in [3.63, 3.8) is 0 Å². The average molecular weight is 374 g/mol. The predicted molar refractivity (Wildman–Crippen MR) is 95.1 cm³/mol. The van der Waals surface area contributed by atoms with Crippen LogP contribution in [-0.2, 0) is 22.6 Å². The minimum absolute atomic E-state index is 0.123. The molecule has 3 rings (SSSR count). The Morgan fingerprint density at radius 3 is 2.56 bits per heavy atom. The van der Waals surface area contributed by atoms with E-state index in [-0.39, 0.29) is 12.4 Å². The largest absolute Gasteiger partial charge is 0.483 e. The highest BCUT2D eigenvalue weighted by molar-refractivity contribution is 5.89. The molecule has 0 saturated carbocycles. The summed E-state index contributed by atoms with van der Waals surface area (Å²) in [6.45, 7) is 1.75. The summed E-state index contributed by atoms with van der Waals surface area (Å²) in [7, 11) is 0. The molecule has 1 aliphatic heterocycles. The third-order valence-electron chi connectivity index (χ3n) is 4.45. The molecule has 1 amide bonds. The number of aromatic nitrogens is 3. The molecule has 9 nitrogen and oxygen atoms in total. The summed E-state index contributed by atoms with van der Waals surface area (Å²) in [5.41, 5.74) is 1.20. The van der Waals surface area contributed by atoms with Crippen molar-refractivity contribution in [2.45, 2.75) is 25.8 Å². The number of aromatic carboxylic acids is 1. The summed E-state index contributed by atoms with van der Waals surface area (Å²) in [5.74, 6) is -0.465. The van der Waals surface area contributed by atoms with Gasteiger partial charge in [-0.15, -0.1) is 10.2 Å². The van der Waals surface area contributed by atoms with E-state index in [9.17, 15) is 14.7 Å². The maximum absolute atomic E-state index is 12.3. The van der Waals surface area contributed by atoms with Gasteiger partial charge in [0.05, 0.1) is 5.56 Å². The number of aryl methyl sites for hydroxylation is 1. The highest BCUT2D eigenvalue weighted by atomic mass is 16.4. The van der Waals surface area contributed by atoms with Crippen molar-refractivity contribution in [3.05, 3.63) is 48.0 Å². The molecule has 1 fully saturated rings. The van der Waals surface area contributed by atoms with Gasteiger partial charge in [-0.25, -0.2) is 4.79 Å². The fourth-order valence-corrected chi connectivity index (χ4v) is 3.16. The van der Waals surface area contributed by atoms with E-state index in [1.165, 1.54) is 0 Å². The molecule has 0 radical (unpaired) electrons. The summed E-state index contributed by atoms with van der Waals surface area (Å²) in [5, 5.41) is 23.6. The molecule has 1 unspecified atom stereocenters. The van der Waals surface area contributed by atoms with E-state index in [1.807, 2.05) is 17.0 Å². The molecule has 2 heterocycles. The van der Waals surface area contributed by atoms with E-state index in [2.05, 4.69) is 10.2 Å². The van der Waals surface area contributed by atoms with E-state index in [0.717, 1.165) is 18.5 Å². The highest BCUT2D eigenvalue weighted by Gasteiger charge is 2.27. The Balaban J connectivity index is 0.000000817. The molecule has 0 aliphatic carbocycles. The molecular weight excluding hydrogens is 352 g/mol. The lowest BCUT2D eigenvalue weighted by atomic mass is 9.95. The Morgan fingerprint density at radius 1 is 1.22 bits per heavy atom. The van der Waals surface area contributed by atoms with Crippen LogP contribution >= 0.6 is 0 Å². The standard InChI is InChI=1S/C17H20N4O3.CH2O2/c22-16(6-7-20-11-18-19-12-20)21-8-5-13(10-21)9-14-3-1-2-4-15(14)17(23)24;2-1-3/h1-4,11-13H,5-10H2,(H,23,24);1H,(H,2,3). The SMILES string of the molecule is O=C(O)c1ccccc1CC1CCN(C(=O)CCn2cnnc2)C1.O=CO. The van der Waals surface area contributed by atoms with Gasteiger partial charge in [-0.2, -0.15) is 0 Å². The zero-order valence-electron chi connectivity index (χ0n) is 14.8. The predicted octanol–water partition coefficient (Wildman–Crippen LogP) is 1.16. The van der Waals surface area contributed by atoms with Crippen molar-refractivity contribution in [2.75, 3.05) is 13.1 Å². The van der Waals surface area contributed by atoms with Crippen LogP contribution in [0.3, 0.4) is 0 Å². The van der Waals surface area contributed by atoms with Crippen LogP contribution in [0.15, 0.2) is 36.9 Å². The van der Waals surface area contributed by atoms with E-state index in [0.29, 0.717) is 37.4 Å². The zero-order chi connectivity index (χ0) is 19.6. The lowest BCUT2D eigenvalue weighted by molar-refractivity contribution is -0.130.